The largest absolute Gasteiger partial charge is 0.378 e. The highest BCUT2D eigenvalue weighted by atomic mass is 32.2. The number of nitro benzene ring substituents is 1. The average molecular weight is 466 g/mol. The molecule has 9 heteroatoms. The van der Waals surface area contributed by atoms with Gasteiger partial charge in [-0.25, -0.2) is 12.8 Å². The minimum absolute atomic E-state index is 0.0308. The van der Waals surface area contributed by atoms with Gasteiger partial charge >= 0.3 is 0 Å². The van der Waals surface area contributed by atoms with Gasteiger partial charge in [0.1, 0.15) is 5.82 Å². The average Bonchev–Trinajstić information content (AvgIpc) is 3.30. The molecule has 3 aromatic rings. The summed E-state index contributed by atoms with van der Waals surface area (Å²) in [6.45, 7) is 0. The second-order valence-corrected chi connectivity index (χ2v) is 9.84. The van der Waals surface area contributed by atoms with Crippen molar-refractivity contribution in [3.8, 4) is 0 Å². The number of hydrogen-bond donors (Lipinski definition) is 2. The van der Waals surface area contributed by atoms with Gasteiger partial charge in [-0.15, -0.1) is 0 Å². The molecule has 0 spiro atoms. The molecule has 1 aliphatic carbocycles. The van der Waals surface area contributed by atoms with Gasteiger partial charge in [-0.2, -0.15) is 0 Å². The van der Waals surface area contributed by atoms with Crippen molar-refractivity contribution >= 4 is 27.1 Å². The van der Waals surface area contributed by atoms with Crippen LogP contribution >= 0.6 is 0 Å². The number of nitrogens with one attached hydrogen (secondary N) is 2. The number of nitrogens with zero attached hydrogens (tertiary/aromatic N) is 1. The molecule has 0 fully saturated rings. The monoisotopic (exact) mass is 465 g/mol. The van der Waals surface area contributed by atoms with E-state index in [2.05, 4.69) is 22.2 Å². The predicted molar refractivity (Wildman–Crippen MR) is 123 cm³/mol. The summed E-state index contributed by atoms with van der Waals surface area (Å²) in [5.41, 5.74) is 2.32. The molecular formula is C24H20FN3O4S. The Bertz CT molecular complexity index is 1390. The zero-order valence-corrected chi connectivity index (χ0v) is 18.1. The molecule has 0 unspecified atom stereocenters. The minimum atomic E-state index is -4.00. The number of allylic oxidation sites excluding steroid dienone is 2. The first-order valence-electron chi connectivity index (χ1n) is 10.4. The fourth-order valence-corrected chi connectivity index (χ4v) is 5.75. The maximum atomic E-state index is 14.0. The Morgan fingerprint density at radius 3 is 2.67 bits per heavy atom. The third kappa shape index (κ3) is 3.84. The lowest BCUT2D eigenvalue weighted by atomic mass is 9.77. The van der Waals surface area contributed by atoms with Crippen molar-refractivity contribution in [2.75, 3.05) is 10.0 Å². The van der Waals surface area contributed by atoms with Gasteiger partial charge in [0.15, 0.2) is 0 Å². The summed E-state index contributed by atoms with van der Waals surface area (Å²) in [6.07, 6.45) is 4.86. The number of halogens is 1. The van der Waals surface area contributed by atoms with Gasteiger partial charge in [0, 0.05) is 23.7 Å². The number of sulfonamides is 1. The third-order valence-corrected chi connectivity index (χ3v) is 7.57. The zero-order chi connectivity index (χ0) is 23.2. The Labute approximate surface area is 190 Å². The van der Waals surface area contributed by atoms with Crippen LogP contribution in [0.1, 0.15) is 29.5 Å². The predicted octanol–water partition coefficient (Wildman–Crippen LogP) is 5.36. The normalized spacial score (nSPS) is 21.1. The van der Waals surface area contributed by atoms with Crippen molar-refractivity contribution in [1.29, 1.82) is 0 Å². The topological polar surface area (TPSA) is 101 Å². The van der Waals surface area contributed by atoms with Gasteiger partial charge in [0.25, 0.3) is 15.7 Å². The van der Waals surface area contributed by atoms with Crippen LogP contribution in [-0.4, -0.2) is 13.3 Å². The summed E-state index contributed by atoms with van der Waals surface area (Å²) in [5, 5.41) is 14.7. The third-order valence-electron chi connectivity index (χ3n) is 6.20. The van der Waals surface area contributed by atoms with Gasteiger partial charge in [-0.3, -0.25) is 14.8 Å². The SMILES string of the molecule is O=[N+]([O-])c1cccc([C@@H]2Nc3ccc(S(=O)(=O)Nc4ccccc4F)cc3[C@H]3C=CC[C@@H]32)c1. The number of fused-ring (bicyclic) bond motifs is 3. The van der Waals surface area contributed by atoms with E-state index in [1.54, 1.807) is 30.3 Å². The molecule has 2 N–H and O–H groups in total. The van der Waals surface area contributed by atoms with Gasteiger partial charge in [0.05, 0.1) is 21.5 Å². The van der Waals surface area contributed by atoms with Gasteiger partial charge < -0.3 is 5.32 Å². The van der Waals surface area contributed by atoms with Crippen LogP contribution < -0.4 is 10.0 Å². The number of non-ortho nitro benzene ring substituents is 1. The first kappa shape index (κ1) is 21.1. The molecule has 0 saturated heterocycles. The first-order valence-corrected chi connectivity index (χ1v) is 11.9. The Kier molecular flexibility index (Phi) is 5.13. The Balaban J connectivity index is 1.50. The van der Waals surface area contributed by atoms with Crippen LogP contribution in [0.4, 0.5) is 21.5 Å². The number of hydrogen-bond acceptors (Lipinski definition) is 5. The first-order chi connectivity index (χ1) is 15.8. The van der Waals surface area contributed by atoms with Crippen molar-refractivity contribution in [3.63, 3.8) is 0 Å². The summed E-state index contributed by atoms with van der Waals surface area (Å²) in [4.78, 5) is 10.9. The summed E-state index contributed by atoms with van der Waals surface area (Å²) >= 11 is 0. The lowest BCUT2D eigenvalue weighted by Crippen LogP contribution is -2.29. The molecule has 5 rings (SSSR count). The van der Waals surface area contributed by atoms with Crippen molar-refractivity contribution in [2.24, 2.45) is 5.92 Å². The molecule has 3 atom stereocenters. The van der Waals surface area contributed by atoms with Crippen LogP contribution in [0.2, 0.25) is 0 Å². The molecule has 0 bridgehead atoms. The maximum absolute atomic E-state index is 14.0. The molecule has 168 valence electrons. The molecule has 2 aliphatic rings. The summed E-state index contributed by atoms with van der Waals surface area (Å²) in [6, 6.07) is 16.8. The molecule has 33 heavy (non-hydrogen) atoms. The number of nitro groups is 1. The number of benzene rings is 3. The second-order valence-electron chi connectivity index (χ2n) is 8.16. The quantitative estimate of drug-likeness (QED) is 0.300. The fraction of sp³-hybridized carbons (Fsp3) is 0.167. The molecule has 0 saturated carbocycles. The number of rotatable bonds is 5. The molecular weight excluding hydrogens is 445 g/mol. The van der Waals surface area contributed by atoms with Gasteiger partial charge in [0.2, 0.25) is 0 Å². The molecule has 3 aromatic carbocycles. The molecule has 0 aromatic heterocycles. The van der Waals surface area contributed by atoms with E-state index in [0.29, 0.717) is 0 Å². The number of anilines is 2. The van der Waals surface area contributed by atoms with E-state index < -0.39 is 20.8 Å². The summed E-state index contributed by atoms with van der Waals surface area (Å²) in [7, 11) is -4.00. The molecule has 7 nitrogen and oxygen atoms in total. The van der Waals surface area contributed by atoms with Gasteiger partial charge in [-0.05, 0) is 53.8 Å². The van der Waals surface area contributed by atoms with E-state index in [0.717, 1.165) is 23.2 Å². The highest BCUT2D eigenvalue weighted by Gasteiger charge is 2.38. The van der Waals surface area contributed by atoms with E-state index in [9.17, 15) is 22.9 Å². The van der Waals surface area contributed by atoms with Crippen LogP contribution in [0.25, 0.3) is 0 Å². The smallest absolute Gasteiger partial charge is 0.269 e. The Morgan fingerprint density at radius 1 is 1.06 bits per heavy atom. The van der Waals surface area contributed by atoms with Crippen molar-refractivity contribution in [3.05, 3.63) is 106 Å². The maximum Gasteiger partial charge on any atom is 0.269 e. The van der Waals surface area contributed by atoms with Crippen LogP contribution in [0.3, 0.4) is 0 Å². The van der Waals surface area contributed by atoms with Crippen LogP contribution in [0, 0.1) is 21.8 Å². The van der Waals surface area contributed by atoms with E-state index in [-0.39, 0.29) is 34.1 Å². The van der Waals surface area contributed by atoms with E-state index in [1.807, 2.05) is 6.07 Å². The van der Waals surface area contributed by atoms with Crippen molar-refractivity contribution < 1.29 is 17.7 Å². The molecule has 0 amide bonds. The second kappa shape index (κ2) is 8.00. The van der Waals surface area contributed by atoms with Gasteiger partial charge in [-0.1, -0.05) is 36.4 Å². The van der Waals surface area contributed by atoms with Crippen LogP contribution in [0.5, 0.6) is 0 Å². The van der Waals surface area contributed by atoms with E-state index in [1.165, 1.54) is 30.3 Å². The summed E-state index contributed by atoms with van der Waals surface area (Å²) < 4.78 is 42.2. The highest BCUT2D eigenvalue weighted by Crippen LogP contribution is 2.50. The van der Waals surface area contributed by atoms with E-state index >= 15 is 0 Å². The molecule has 1 aliphatic heterocycles. The lowest BCUT2D eigenvalue weighted by molar-refractivity contribution is -0.384. The highest BCUT2D eigenvalue weighted by molar-refractivity contribution is 7.92. The summed E-state index contributed by atoms with van der Waals surface area (Å²) in [5.74, 6) is -0.620. The van der Waals surface area contributed by atoms with Crippen molar-refractivity contribution in [1.82, 2.24) is 0 Å². The molecule has 0 radical (unpaired) electrons. The van der Waals surface area contributed by atoms with Crippen molar-refractivity contribution in [2.45, 2.75) is 23.3 Å². The Hall–Kier alpha value is -3.72. The van der Waals surface area contributed by atoms with Crippen LogP contribution in [0.15, 0.2) is 83.8 Å². The lowest BCUT2D eigenvalue weighted by Gasteiger charge is -2.37. The van der Waals surface area contributed by atoms with E-state index in [4.69, 9.17) is 0 Å². The number of para-hydroxylation sites is 1. The fourth-order valence-electron chi connectivity index (χ4n) is 4.65. The van der Waals surface area contributed by atoms with Crippen LogP contribution in [-0.2, 0) is 10.0 Å². The Morgan fingerprint density at radius 2 is 1.88 bits per heavy atom. The minimum Gasteiger partial charge on any atom is -0.378 e. The zero-order valence-electron chi connectivity index (χ0n) is 17.3. The standard InChI is InChI=1S/C24H20FN3O4S/c25-21-9-1-2-10-23(21)27-33(31,32)17-11-12-22-20(14-17)18-7-4-8-19(18)24(26-22)15-5-3-6-16(13-15)28(29)30/h1-7,9-14,18-19,24,26-27H,8H2/t18-,19-,24-/m0/s1. The molecule has 1 heterocycles.